The number of allylic oxidation sites excluding steroid dienone is 2. The highest BCUT2D eigenvalue weighted by Gasteiger charge is 2.33. The number of carbonyl (C=O) groups is 1. The van der Waals surface area contributed by atoms with Crippen molar-refractivity contribution in [3.05, 3.63) is 86.0 Å². The number of rotatable bonds is 11. The molecule has 0 spiro atoms. The molecule has 2 aromatic carbocycles. The highest BCUT2D eigenvalue weighted by Crippen LogP contribution is 2.53. The van der Waals surface area contributed by atoms with Gasteiger partial charge in [-0.2, -0.15) is 0 Å². The van der Waals surface area contributed by atoms with E-state index in [1.54, 1.807) is 6.20 Å². The number of aliphatic carboxylic acids is 1. The van der Waals surface area contributed by atoms with Gasteiger partial charge in [0.2, 0.25) is 12.0 Å². The minimum atomic E-state index is -1.38. The van der Waals surface area contributed by atoms with E-state index in [1.165, 1.54) is 23.2 Å². The molecule has 11 rings (SSSR count). The molecule has 70 heavy (non-hydrogen) atoms. The first kappa shape index (κ1) is 49.0. The Bertz CT molecular complexity index is 2690. The molecular formula is C52H60Cl2N6O9S. The van der Waals surface area contributed by atoms with Crippen molar-refractivity contribution in [3.63, 3.8) is 0 Å². The van der Waals surface area contributed by atoms with Crippen LogP contribution < -0.4 is 18.9 Å². The second kappa shape index (κ2) is 22.0. The molecule has 1 saturated carbocycles. The van der Waals surface area contributed by atoms with E-state index in [1.807, 2.05) is 38.1 Å². The first-order valence-corrected chi connectivity index (χ1v) is 26.1. The van der Waals surface area contributed by atoms with Crippen LogP contribution >= 0.6 is 34.5 Å². The van der Waals surface area contributed by atoms with Gasteiger partial charge in [-0.3, -0.25) is 4.90 Å². The SMILES string of the molecule is Cc1c(Cl)c2c(Cl)c(C)c1-c1c(C3=CCCC3)sc3ncnc(c13)O[C@@H](C(=O)O)Cc1cc(ccc1OCc1ccnc(C3CCC(OCC4COCCO4)CC3)n1)OCC(CN1CCN(C)CC1)O2. The van der Waals surface area contributed by atoms with Crippen LogP contribution in [0.25, 0.3) is 26.9 Å². The Hall–Kier alpha value is -4.65. The van der Waals surface area contributed by atoms with E-state index in [-0.39, 0.29) is 43.6 Å². The molecule has 0 amide bonds. The lowest BCUT2D eigenvalue weighted by Crippen LogP contribution is -2.49. The topological polar surface area (TPSA) is 160 Å². The molecule has 0 radical (unpaired) electrons. The number of nitrogens with zero attached hydrogens (tertiary/aromatic N) is 6. The van der Waals surface area contributed by atoms with Crippen molar-refractivity contribution < 1.29 is 43.1 Å². The van der Waals surface area contributed by atoms with Gasteiger partial charge in [0, 0.05) is 67.3 Å². The monoisotopic (exact) mass is 1010 g/mol. The number of hydrogen-bond acceptors (Lipinski definition) is 15. The van der Waals surface area contributed by atoms with Crippen LogP contribution in [0.5, 0.6) is 23.1 Å². The lowest BCUT2D eigenvalue weighted by molar-refractivity contribution is -0.145. The van der Waals surface area contributed by atoms with E-state index in [4.69, 9.17) is 66.3 Å². The van der Waals surface area contributed by atoms with Crippen molar-refractivity contribution in [2.45, 2.75) is 102 Å². The van der Waals surface area contributed by atoms with Gasteiger partial charge in [-0.15, -0.1) is 11.3 Å². The van der Waals surface area contributed by atoms with Crippen LogP contribution in [0, 0.1) is 13.8 Å². The second-order valence-electron chi connectivity index (χ2n) is 19.0. The minimum absolute atomic E-state index is 0.0132. The zero-order chi connectivity index (χ0) is 48.3. The first-order chi connectivity index (χ1) is 34.1. The molecule has 3 aromatic heterocycles. The smallest absolute Gasteiger partial charge is 0.345 e. The highest BCUT2D eigenvalue weighted by molar-refractivity contribution is 7.20. The summed E-state index contributed by atoms with van der Waals surface area (Å²) in [6.45, 7) is 10.7. The van der Waals surface area contributed by atoms with Crippen molar-refractivity contribution in [1.82, 2.24) is 29.7 Å². The standard InChI is InChI=1S/C52H60Cl2N6O9S/c1-30-42-31(2)46(54)47(45(30)53)68-38(24-60-18-16-59(3)17-19-60)27-66-37-12-13-40(67-25-35-14-15-55-49(58-35)33-8-10-36(11-9-33)65-28-39-26-63-20-21-64-39)34(22-37)23-41(52(61)62)69-50-44-43(42)48(32-6-4-5-7-32)70-51(44)57-29-56-50/h6,12-15,22,29,33,36,38-39,41H,4-5,7-11,16-21,23-28H2,1-3H3,(H,61,62)/t33?,36?,38?,39?,41-/m1/s1. The molecular weight excluding hydrogens is 956 g/mol. The summed E-state index contributed by atoms with van der Waals surface area (Å²) in [5.41, 5.74) is 5.63. The number of aromatic nitrogens is 4. The first-order valence-electron chi connectivity index (χ1n) is 24.5. The molecule has 2 unspecified atom stereocenters. The van der Waals surface area contributed by atoms with Crippen LogP contribution in [-0.4, -0.2) is 138 Å². The number of benzene rings is 2. The van der Waals surface area contributed by atoms with E-state index in [9.17, 15) is 9.90 Å². The molecule has 18 heteroatoms. The summed E-state index contributed by atoms with van der Waals surface area (Å²) in [5, 5.41) is 12.3. The fraction of sp³-hybridized carbons (Fsp3) is 0.519. The summed E-state index contributed by atoms with van der Waals surface area (Å²) in [5.74, 6) is 1.33. The van der Waals surface area contributed by atoms with Gasteiger partial charge in [-0.1, -0.05) is 29.3 Å². The van der Waals surface area contributed by atoms with Crippen LogP contribution in [0.4, 0.5) is 0 Å². The van der Waals surface area contributed by atoms with E-state index >= 15 is 0 Å². The van der Waals surface area contributed by atoms with Gasteiger partial charge in [-0.05, 0) is 112 Å². The average molecular weight is 1020 g/mol. The summed E-state index contributed by atoms with van der Waals surface area (Å²) in [7, 11) is 2.13. The Morgan fingerprint density at radius 1 is 0.943 bits per heavy atom. The van der Waals surface area contributed by atoms with Gasteiger partial charge in [0.05, 0.1) is 53.7 Å². The molecule has 5 aromatic rings. The average Bonchev–Trinajstić information content (AvgIpc) is 4.06. The number of likely N-dealkylation sites (N-methyl/N-ethyl adjacent to an activating group) is 1. The lowest BCUT2D eigenvalue weighted by atomic mass is 9.86. The molecule has 7 heterocycles. The van der Waals surface area contributed by atoms with Gasteiger partial charge >= 0.3 is 5.97 Å². The Labute approximate surface area is 422 Å². The predicted octanol–water partition coefficient (Wildman–Crippen LogP) is 9.14. The Kier molecular flexibility index (Phi) is 15.4. The summed E-state index contributed by atoms with van der Waals surface area (Å²) in [6, 6.07) is 7.30. The van der Waals surface area contributed by atoms with E-state index in [2.05, 4.69) is 32.9 Å². The normalized spacial score (nSPS) is 23.6. The Balaban J connectivity index is 0.969. The number of piperazine rings is 1. The van der Waals surface area contributed by atoms with Gasteiger partial charge in [0.15, 0.2) is 5.75 Å². The Morgan fingerprint density at radius 2 is 1.76 bits per heavy atom. The zero-order valence-electron chi connectivity index (χ0n) is 39.9. The molecule has 2 aliphatic carbocycles. The number of hydrogen-bond donors (Lipinski definition) is 1. The van der Waals surface area contributed by atoms with E-state index < -0.39 is 18.2 Å². The molecule has 2 saturated heterocycles. The van der Waals surface area contributed by atoms with Crippen LogP contribution in [-0.2, 0) is 32.0 Å². The quantitative estimate of drug-likeness (QED) is 0.133. The third-order valence-electron chi connectivity index (χ3n) is 14.1. The fourth-order valence-electron chi connectivity index (χ4n) is 10.2. The molecule has 1 N–H and O–H groups in total. The van der Waals surface area contributed by atoms with Gasteiger partial charge in [0.1, 0.15) is 53.9 Å². The molecule has 4 aliphatic heterocycles. The van der Waals surface area contributed by atoms with E-state index in [0.29, 0.717) is 81.7 Å². The van der Waals surface area contributed by atoms with Crippen molar-refractivity contribution in [1.29, 1.82) is 0 Å². The van der Waals surface area contributed by atoms with Gasteiger partial charge < -0.3 is 43.2 Å². The van der Waals surface area contributed by atoms with Gasteiger partial charge in [-0.25, -0.2) is 24.7 Å². The maximum atomic E-state index is 13.4. The largest absolute Gasteiger partial charge is 0.490 e. The summed E-state index contributed by atoms with van der Waals surface area (Å²) < 4.78 is 44.1. The highest BCUT2D eigenvalue weighted by atomic mass is 35.5. The van der Waals surface area contributed by atoms with Crippen LogP contribution in [0.3, 0.4) is 0 Å². The Morgan fingerprint density at radius 3 is 2.50 bits per heavy atom. The second-order valence-corrected chi connectivity index (χ2v) is 20.8. The third kappa shape index (κ3) is 10.9. The molecule has 15 nitrogen and oxygen atoms in total. The molecule has 4 bridgehead atoms. The molecule has 372 valence electrons. The van der Waals surface area contributed by atoms with Crippen LogP contribution in [0.15, 0.2) is 42.9 Å². The number of carboxylic acid groups (broad SMARTS) is 1. The predicted molar refractivity (Wildman–Crippen MR) is 268 cm³/mol. The summed E-state index contributed by atoms with van der Waals surface area (Å²) in [4.78, 5) is 38.7. The van der Waals surface area contributed by atoms with Gasteiger partial charge in [0.25, 0.3) is 0 Å². The zero-order valence-corrected chi connectivity index (χ0v) is 42.3. The summed E-state index contributed by atoms with van der Waals surface area (Å²) in [6.07, 6.45) is 10.2. The number of thiophene rings is 1. The summed E-state index contributed by atoms with van der Waals surface area (Å²) >= 11 is 16.3. The number of fused-ring (bicyclic) bond motifs is 7. The maximum absolute atomic E-state index is 13.4. The van der Waals surface area contributed by atoms with Crippen LogP contribution in [0.2, 0.25) is 10.0 Å². The number of carboxylic acids is 1. The fourth-order valence-corrected chi connectivity index (χ4v) is 11.9. The van der Waals surface area contributed by atoms with Crippen LogP contribution in [0.1, 0.15) is 83.9 Å². The van der Waals surface area contributed by atoms with Crippen molar-refractivity contribution in [2.24, 2.45) is 0 Å². The number of halogens is 2. The number of ether oxygens (including phenoxy) is 7. The van der Waals surface area contributed by atoms with E-state index in [0.717, 1.165) is 104 Å². The van der Waals surface area contributed by atoms with Crippen molar-refractivity contribution in [2.75, 3.05) is 72.8 Å². The minimum Gasteiger partial charge on any atom is -0.490 e. The van der Waals surface area contributed by atoms with Crippen molar-refractivity contribution in [3.8, 4) is 34.3 Å². The third-order valence-corrected chi connectivity index (χ3v) is 16.2. The molecule has 6 aliphatic rings. The van der Waals surface area contributed by atoms with Crippen molar-refractivity contribution >= 4 is 56.3 Å². The molecule has 3 fully saturated rings. The molecule has 3 atom stereocenters. The maximum Gasteiger partial charge on any atom is 0.345 e. The lowest BCUT2D eigenvalue weighted by Gasteiger charge is -2.35.